The number of benzene rings is 1. The third-order valence-corrected chi connectivity index (χ3v) is 3.90. The van der Waals surface area contributed by atoms with Crippen LogP contribution in [0.4, 0.5) is 0 Å². The maximum absolute atomic E-state index is 9.80. The SMILES string of the molecule is CC(CO)(NCc1cnn2ccccc12)c1ccccc1. The summed E-state index contributed by atoms with van der Waals surface area (Å²) in [6.45, 7) is 2.70. The van der Waals surface area contributed by atoms with E-state index in [-0.39, 0.29) is 6.61 Å². The highest BCUT2D eigenvalue weighted by Gasteiger charge is 2.25. The number of fused-ring (bicyclic) bond motifs is 1. The van der Waals surface area contributed by atoms with Gasteiger partial charge in [-0.3, -0.25) is 0 Å². The van der Waals surface area contributed by atoms with Gasteiger partial charge in [0.25, 0.3) is 0 Å². The summed E-state index contributed by atoms with van der Waals surface area (Å²) < 4.78 is 1.86. The average Bonchev–Trinajstić information content (AvgIpc) is 2.97. The highest BCUT2D eigenvalue weighted by atomic mass is 16.3. The van der Waals surface area contributed by atoms with Gasteiger partial charge in [0.15, 0.2) is 0 Å². The van der Waals surface area contributed by atoms with Crippen molar-refractivity contribution in [1.82, 2.24) is 14.9 Å². The highest BCUT2D eigenvalue weighted by molar-refractivity contribution is 5.53. The molecule has 2 heterocycles. The minimum Gasteiger partial charge on any atom is -0.394 e. The number of nitrogens with one attached hydrogen (secondary N) is 1. The Kier molecular flexibility index (Phi) is 3.73. The van der Waals surface area contributed by atoms with Crippen molar-refractivity contribution in [1.29, 1.82) is 0 Å². The molecule has 0 radical (unpaired) electrons. The van der Waals surface area contributed by atoms with E-state index in [9.17, 15) is 5.11 Å². The van der Waals surface area contributed by atoms with Gasteiger partial charge in [-0.05, 0) is 24.6 Å². The first-order valence-corrected chi connectivity index (χ1v) is 7.05. The van der Waals surface area contributed by atoms with Gasteiger partial charge in [-0.1, -0.05) is 36.4 Å². The van der Waals surface area contributed by atoms with Gasteiger partial charge in [0, 0.05) is 18.3 Å². The number of hydrogen-bond acceptors (Lipinski definition) is 3. The van der Waals surface area contributed by atoms with E-state index >= 15 is 0 Å². The molecule has 4 nitrogen and oxygen atoms in total. The Balaban J connectivity index is 1.82. The Labute approximate surface area is 124 Å². The monoisotopic (exact) mass is 281 g/mol. The number of aliphatic hydroxyl groups excluding tert-OH is 1. The Morgan fingerprint density at radius 1 is 1.14 bits per heavy atom. The zero-order chi connectivity index (χ0) is 14.7. The summed E-state index contributed by atoms with van der Waals surface area (Å²) in [6.07, 6.45) is 3.80. The van der Waals surface area contributed by atoms with Crippen LogP contribution in [0.1, 0.15) is 18.1 Å². The third kappa shape index (κ3) is 2.68. The molecule has 0 bridgehead atoms. The Bertz CT molecular complexity index is 723. The second kappa shape index (κ2) is 5.68. The van der Waals surface area contributed by atoms with Crippen LogP contribution in [0.15, 0.2) is 60.9 Å². The Morgan fingerprint density at radius 3 is 2.67 bits per heavy atom. The van der Waals surface area contributed by atoms with Gasteiger partial charge in [0.2, 0.25) is 0 Å². The Morgan fingerprint density at radius 2 is 1.90 bits per heavy atom. The summed E-state index contributed by atoms with van der Waals surface area (Å²) in [4.78, 5) is 0. The van der Waals surface area contributed by atoms with Crippen LogP contribution >= 0.6 is 0 Å². The molecule has 0 spiro atoms. The summed E-state index contributed by atoms with van der Waals surface area (Å²) in [5.41, 5.74) is 2.80. The minimum atomic E-state index is -0.468. The van der Waals surface area contributed by atoms with Gasteiger partial charge in [-0.25, -0.2) is 4.52 Å². The van der Waals surface area contributed by atoms with Gasteiger partial charge >= 0.3 is 0 Å². The summed E-state index contributed by atoms with van der Waals surface area (Å²) in [5.74, 6) is 0. The van der Waals surface area contributed by atoms with Crippen LogP contribution in [0.25, 0.3) is 5.52 Å². The van der Waals surface area contributed by atoms with Crippen molar-refractivity contribution in [2.45, 2.75) is 19.0 Å². The molecule has 21 heavy (non-hydrogen) atoms. The van der Waals surface area contributed by atoms with E-state index in [2.05, 4.69) is 10.4 Å². The lowest BCUT2D eigenvalue weighted by Crippen LogP contribution is -2.42. The lowest BCUT2D eigenvalue weighted by atomic mass is 9.92. The smallest absolute Gasteiger partial charge is 0.0706 e. The lowest BCUT2D eigenvalue weighted by molar-refractivity contribution is 0.173. The quantitative estimate of drug-likeness (QED) is 0.754. The zero-order valence-corrected chi connectivity index (χ0v) is 12.0. The van der Waals surface area contributed by atoms with Gasteiger partial charge < -0.3 is 10.4 Å². The van der Waals surface area contributed by atoms with Gasteiger partial charge in [-0.2, -0.15) is 5.10 Å². The highest BCUT2D eigenvalue weighted by Crippen LogP contribution is 2.21. The molecule has 0 saturated carbocycles. The number of hydrogen-bond donors (Lipinski definition) is 2. The van der Waals surface area contributed by atoms with Crippen LogP contribution in [-0.4, -0.2) is 21.3 Å². The molecule has 2 aromatic heterocycles. The first kappa shape index (κ1) is 13.8. The van der Waals surface area contributed by atoms with Crippen molar-refractivity contribution in [2.24, 2.45) is 0 Å². The number of aromatic nitrogens is 2. The summed E-state index contributed by atoms with van der Waals surface area (Å²) in [6, 6.07) is 16.0. The van der Waals surface area contributed by atoms with Crippen LogP contribution in [-0.2, 0) is 12.1 Å². The van der Waals surface area contributed by atoms with Crippen molar-refractivity contribution >= 4 is 5.52 Å². The molecule has 0 aliphatic carbocycles. The zero-order valence-electron chi connectivity index (χ0n) is 12.0. The van der Waals surface area contributed by atoms with Crippen LogP contribution < -0.4 is 5.32 Å². The minimum absolute atomic E-state index is 0.0379. The average molecular weight is 281 g/mol. The summed E-state index contributed by atoms with van der Waals surface area (Å²) in [7, 11) is 0. The molecule has 0 saturated heterocycles. The molecule has 4 heteroatoms. The van der Waals surface area contributed by atoms with Crippen LogP contribution in [0.5, 0.6) is 0 Å². The predicted molar refractivity (Wildman–Crippen MR) is 82.9 cm³/mol. The molecule has 1 aromatic carbocycles. The molecular weight excluding hydrogens is 262 g/mol. The maximum Gasteiger partial charge on any atom is 0.0706 e. The van der Waals surface area contributed by atoms with Crippen molar-refractivity contribution in [3.63, 3.8) is 0 Å². The van der Waals surface area contributed by atoms with E-state index in [0.717, 1.165) is 16.6 Å². The molecular formula is C17H19N3O. The molecule has 1 unspecified atom stereocenters. The Hall–Kier alpha value is -2.17. The number of pyridine rings is 1. The van der Waals surface area contributed by atoms with Crippen molar-refractivity contribution < 1.29 is 5.11 Å². The van der Waals surface area contributed by atoms with Gasteiger partial charge in [0.1, 0.15) is 0 Å². The van der Waals surface area contributed by atoms with E-state index < -0.39 is 5.54 Å². The number of aliphatic hydroxyl groups is 1. The van der Waals surface area contributed by atoms with E-state index in [1.807, 2.05) is 72.4 Å². The molecule has 1 atom stereocenters. The fourth-order valence-electron chi connectivity index (χ4n) is 2.47. The first-order chi connectivity index (χ1) is 10.2. The lowest BCUT2D eigenvalue weighted by Gasteiger charge is -2.29. The predicted octanol–water partition coefficient (Wildman–Crippen LogP) is 2.33. The molecule has 0 fully saturated rings. The van der Waals surface area contributed by atoms with Crippen molar-refractivity contribution in [3.8, 4) is 0 Å². The molecule has 3 rings (SSSR count). The molecule has 0 aliphatic heterocycles. The molecule has 0 aliphatic rings. The van der Waals surface area contributed by atoms with Crippen LogP contribution in [0.3, 0.4) is 0 Å². The van der Waals surface area contributed by atoms with E-state index in [1.165, 1.54) is 0 Å². The molecule has 0 amide bonds. The maximum atomic E-state index is 9.80. The van der Waals surface area contributed by atoms with Crippen molar-refractivity contribution in [3.05, 3.63) is 72.1 Å². The number of nitrogens with zero attached hydrogens (tertiary/aromatic N) is 2. The first-order valence-electron chi connectivity index (χ1n) is 7.05. The normalized spacial score (nSPS) is 14.2. The summed E-state index contributed by atoms with van der Waals surface area (Å²) in [5, 5.41) is 17.6. The fraction of sp³-hybridized carbons (Fsp3) is 0.235. The van der Waals surface area contributed by atoms with Gasteiger partial charge in [-0.15, -0.1) is 0 Å². The van der Waals surface area contributed by atoms with E-state index in [0.29, 0.717) is 6.54 Å². The van der Waals surface area contributed by atoms with E-state index in [1.54, 1.807) is 0 Å². The van der Waals surface area contributed by atoms with Crippen LogP contribution in [0.2, 0.25) is 0 Å². The molecule has 2 N–H and O–H groups in total. The van der Waals surface area contributed by atoms with Gasteiger partial charge in [0.05, 0.1) is 23.9 Å². The van der Waals surface area contributed by atoms with Crippen molar-refractivity contribution in [2.75, 3.05) is 6.61 Å². The summed E-state index contributed by atoms with van der Waals surface area (Å²) >= 11 is 0. The van der Waals surface area contributed by atoms with Crippen LogP contribution in [0, 0.1) is 0 Å². The second-order valence-corrected chi connectivity index (χ2v) is 5.41. The third-order valence-electron chi connectivity index (χ3n) is 3.90. The largest absolute Gasteiger partial charge is 0.394 e. The standard InChI is InChI=1S/C17H19N3O/c1-17(13-21,15-7-3-2-4-8-15)18-11-14-12-19-20-10-6-5-9-16(14)20/h2-10,12,18,21H,11,13H2,1H3. The fourth-order valence-corrected chi connectivity index (χ4v) is 2.47. The van der Waals surface area contributed by atoms with E-state index in [4.69, 9.17) is 0 Å². The number of rotatable bonds is 5. The second-order valence-electron chi connectivity index (χ2n) is 5.41. The molecule has 108 valence electrons. The molecule has 3 aromatic rings. The topological polar surface area (TPSA) is 49.6 Å².